The zero-order valence-corrected chi connectivity index (χ0v) is 10.4. The van der Waals surface area contributed by atoms with Gasteiger partial charge in [0.05, 0.1) is 5.56 Å². The first-order valence-electron chi connectivity index (χ1n) is 6.31. The molecule has 0 bridgehead atoms. The Morgan fingerprint density at radius 1 is 1.56 bits per heavy atom. The summed E-state index contributed by atoms with van der Waals surface area (Å²) in [5, 5.41) is 12.1. The number of nitrogens with one attached hydrogen (secondary N) is 1. The molecule has 0 aromatic heterocycles. The molecule has 1 aromatic carbocycles. The number of hydrogen-bond acceptors (Lipinski definition) is 2. The topological polar surface area (TPSA) is 49.3 Å². The van der Waals surface area contributed by atoms with E-state index in [-0.39, 0.29) is 11.4 Å². The molecule has 3 nitrogen and oxygen atoms in total. The molecular weight excluding hydrogens is 233 g/mol. The van der Waals surface area contributed by atoms with Gasteiger partial charge in [-0.05, 0) is 37.5 Å². The molecule has 1 unspecified atom stereocenters. The third kappa shape index (κ3) is 3.53. The Morgan fingerprint density at radius 3 is 2.89 bits per heavy atom. The molecule has 1 aliphatic carbocycles. The van der Waals surface area contributed by atoms with Crippen LogP contribution >= 0.6 is 0 Å². The van der Waals surface area contributed by atoms with Crippen molar-refractivity contribution in [2.75, 3.05) is 0 Å². The normalized spacial score (nSPS) is 16.6. The van der Waals surface area contributed by atoms with Crippen LogP contribution in [0.2, 0.25) is 0 Å². The van der Waals surface area contributed by atoms with Crippen molar-refractivity contribution in [3.63, 3.8) is 0 Å². The Hall–Kier alpha value is -1.42. The van der Waals surface area contributed by atoms with Crippen molar-refractivity contribution in [1.82, 2.24) is 5.32 Å². The number of aromatic carboxylic acids is 1. The molecule has 0 aliphatic heterocycles. The number of benzene rings is 1. The van der Waals surface area contributed by atoms with Crippen molar-refractivity contribution in [2.24, 2.45) is 5.92 Å². The molecule has 1 aliphatic rings. The van der Waals surface area contributed by atoms with Gasteiger partial charge in [0.25, 0.3) is 0 Å². The molecule has 1 saturated carbocycles. The number of carboxylic acids is 1. The SMILES string of the molecule is CC(CC1CC1)NCc1cc(C(=O)O)ccc1F. The van der Waals surface area contributed by atoms with E-state index in [1.165, 1.54) is 31.0 Å². The summed E-state index contributed by atoms with van der Waals surface area (Å²) in [7, 11) is 0. The second-order valence-corrected chi connectivity index (χ2v) is 5.07. The van der Waals surface area contributed by atoms with E-state index in [0.717, 1.165) is 12.3 Å². The van der Waals surface area contributed by atoms with Gasteiger partial charge in [-0.15, -0.1) is 0 Å². The van der Waals surface area contributed by atoms with E-state index in [0.29, 0.717) is 18.2 Å². The number of carbonyl (C=O) groups is 1. The average Bonchev–Trinajstić information content (AvgIpc) is 3.11. The van der Waals surface area contributed by atoms with Crippen LogP contribution in [0, 0.1) is 11.7 Å². The maximum absolute atomic E-state index is 13.5. The zero-order chi connectivity index (χ0) is 13.1. The molecule has 1 atom stereocenters. The van der Waals surface area contributed by atoms with Crippen LogP contribution in [0.1, 0.15) is 42.1 Å². The Morgan fingerprint density at radius 2 is 2.28 bits per heavy atom. The van der Waals surface area contributed by atoms with Crippen LogP contribution in [0.5, 0.6) is 0 Å². The minimum atomic E-state index is -1.03. The van der Waals surface area contributed by atoms with Gasteiger partial charge in [-0.25, -0.2) is 9.18 Å². The molecule has 98 valence electrons. The summed E-state index contributed by atoms with van der Waals surface area (Å²) >= 11 is 0. The predicted octanol–water partition coefficient (Wildman–Crippen LogP) is 2.80. The van der Waals surface area contributed by atoms with E-state index in [1.807, 2.05) is 0 Å². The van der Waals surface area contributed by atoms with Gasteiger partial charge in [0.15, 0.2) is 0 Å². The maximum atomic E-state index is 13.5. The summed E-state index contributed by atoms with van der Waals surface area (Å²) in [6, 6.07) is 4.24. The molecule has 0 radical (unpaired) electrons. The lowest BCUT2D eigenvalue weighted by Crippen LogP contribution is -2.26. The van der Waals surface area contributed by atoms with Crippen LogP contribution in [-0.2, 0) is 6.54 Å². The lowest BCUT2D eigenvalue weighted by molar-refractivity contribution is 0.0696. The highest BCUT2D eigenvalue weighted by molar-refractivity contribution is 5.87. The molecule has 0 spiro atoms. The van der Waals surface area contributed by atoms with Crippen molar-refractivity contribution < 1.29 is 14.3 Å². The summed E-state index contributed by atoms with van der Waals surface area (Å²) in [5.41, 5.74) is 0.542. The number of hydrogen-bond donors (Lipinski definition) is 2. The van der Waals surface area contributed by atoms with E-state index in [1.54, 1.807) is 0 Å². The van der Waals surface area contributed by atoms with Crippen molar-refractivity contribution in [2.45, 2.75) is 38.8 Å². The lowest BCUT2D eigenvalue weighted by Gasteiger charge is -2.14. The minimum Gasteiger partial charge on any atom is -0.478 e. The van der Waals surface area contributed by atoms with E-state index < -0.39 is 5.97 Å². The van der Waals surface area contributed by atoms with Crippen LogP contribution in [0.3, 0.4) is 0 Å². The van der Waals surface area contributed by atoms with Gasteiger partial charge >= 0.3 is 5.97 Å². The van der Waals surface area contributed by atoms with Crippen molar-refractivity contribution in [1.29, 1.82) is 0 Å². The Bertz CT molecular complexity index is 443. The van der Waals surface area contributed by atoms with E-state index in [2.05, 4.69) is 12.2 Å². The van der Waals surface area contributed by atoms with Crippen LogP contribution < -0.4 is 5.32 Å². The number of carboxylic acid groups (broad SMARTS) is 1. The van der Waals surface area contributed by atoms with Gasteiger partial charge in [-0.3, -0.25) is 0 Å². The largest absolute Gasteiger partial charge is 0.478 e. The second kappa shape index (κ2) is 5.48. The third-order valence-corrected chi connectivity index (χ3v) is 3.32. The predicted molar refractivity (Wildman–Crippen MR) is 67.0 cm³/mol. The number of halogens is 1. The van der Waals surface area contributed by atoms with Crippen LogP contribution in [0.15, 0.2) is 18.2 Å². The van der Waals surface area contributed by atoms with Crippen molar-refractivity contribution in [3.05, 3.63) is 35.1 Å². The molecule has 18 heavy (non-hydrogen) atoms. The Labute approximate surface area is 106 Å². The molecule has 2 N–H and O–H groups in total. The fraction of sp³-hybridized carbons (Fsp3) is 0.500. The summed E-state index contributed by atoms with van der Waals surface area (Å²) in [4.78, 5) is 10.8. The standard InChI is InChI=1S/C14H18FNO2/c1-9(6-10-2-3-10)16-8-12-7-11(14(17)18)4-5-13(12)15/h4-5,7,9-10,16H,2-3,6,8H2,1H3,(H,17,18). The average molecular weight is 251 g/mol. The van der Waals surface area contributed by atoms with E-state index in [9.17, 15) is 9.18 Å². The second-order valence-electron chi connectivity index (χ2n) is 5.07. The van der Waals surface area contributed by atoms with E-state index >= 15 is 0 Å². The molecule has 1 aromatic rings. The van der Waals surface area contributed by atoms with Crippen LogP contribution in [0.25, 0.3) is 0 Å². The van der Waals surface area contributed by atoms with Gasteiger partial charge in [-0.2, -0.15) is 0 Å². The van der Waals surface area contributed by atoms with Gasteiger partial charge in [0, 0.05) is 18.2 Å². The maximum Gasteiger partial charge on any atom is 0.335 e. The zero-order valence-electron chi connectivity index (χ0n) is 10.4. The molecular formula is C14H18FNO2. The van der Waals surface area contributed by atoms with Gasteiger partial charge in [0.1, 0.15) is 5.82 Å². The summed E-state index contributed by atoms with van der Waals surface area (Å²) < 4.78 is 13.5. The smallest absolute Gasteiger partial charge is 0.335 e. The molecule has 0 heterocycles. The van der Waals surface area contributed by atoms with Gasteiger partial charge in [-0.1, -0.05) is 12.8 Å². The molecule has 0 saturated heterocycles. The first kappa shape index (κ1) is 13.0. The highest BCUT2D eigenvalue weighted by atomic mass is 19.1. The third-order valence-electron chi connectivity index (χ3n) is 3.32. The molecule has 0 amide bonds. The summed E-state index contributed by atoms with van der Waals surface area (Å²) in [6.45, 7) is 2.46. The lowest BCUT2D eigenvalue weighted by atomic mass is 10.1. The number of rotatable bonds is 6. The van der Waals surface area contributed by atoms with Crippen molar-refractivity contribution in [3.8, 4) is 0 Å². The first-order valence-corrected chi connectivity index (χ1v) is 6.31. The monoisotopic (exact) mass is 251 g/mol. The van der Waals surface area contributed by atoms with E-state index in [4.69, 9.17) is 5.11 Å². The molecule has 4 heteroatoms. The highest BCUT2D eigenvalue weighted by Crippen LogP contribution is 2.33. The highest BCUT2D eigenvalue weighted by Gasteiger charge is 2.23. The molecule has 2 rings (SSSR count). The minimum absolute atomic E-state index is 0.128. The Balaban J connectivity index is 1.94. The van der Waals surface area contributed by atoms with Gasteiger partial charge < -0.3 is 10.4 Å². The van der Waals surface area contributed by atoms with Crippen molar-refractivity contribution >= 4 is 5.97 Å². The fourth-order valence-corrected chi connectivity index (χ4v) is 2.06. The van der Waals surface area contributed by atoms with Crippen LogP contribution in [0.4, 0.5) is 4.39 Å². The first-order chi connectivity index (χ1) is 8.56. The Kier molecular flexibility index (Phi) is 3.97. The van der Waals surface area contributed by atoms with Gasteiger partial charge in [0.2, 0.25) is 0 Å². The van der Waals surface area contributed by atoms with Crippen LogP contribution in [-0.4, -0.2) is 17.1 Å². The molecule has 1 fully saturated rings. The summed E-state index contributed by atoms with van der Waals surface area (Å²) in [5.74, 6) is -0.559. The fourth-order valence-electron chi connectivity index (χ4n) is 2.06. The summed E-state index contributed by atoms with van der Waals surface area (Å²) in [6.07, 6.45) is 3.71. The quantitative estimate of drug-likeness (QED) is 0.817.